The number of rotatable bonds is 4. The first-order chi connectivity index (χ1) is 7.36. The van der Waals surface area contributed by atoms with Crippen molar-refractivity contribution in [3.63, 3.8) is 0 Å². The second kappa shape index (κ2) is 7.83. The standard InChI is InChI=1S/C12H22FNO/c13-8-11(9-14)10-15-12-6-4-2-1-3-5-7-12/h8,12H,1-7,9-10,14H2/b11-8+. The van der Waals surface area contributed by atoms with Gasteiger partial charge in [-0.1, -0.05) is 32.1 Å². The minimum absolute atomic E-state index is 0.253. The van der Waals surface area contributed by atoms with Crippen molar-refractivity contribution in [3.05, 3.63) is 11.9 Å². The maximum atomic E-state index is 12.2. The molecule has 0 aliphatic heterocycles. The van der Waals surface area contributed by atoms with Crippen LogP contribution in [-0.4, -0.2) is 19.3 Å². The van der Waals surface area contributed by atoms with Crippen LogP contribution in [0.1, 0.15) is 44.9 Å². The molecule has 1 saturated carbocycles. The summed E-state index contributed by atoms with van der Waals surface area (Å²) in [5.74, 6) is 0. The smallest absolute Gasteiger partial charge is 0.0894 e. The lowest BCUT2D eigenvalue weighted by Gasteiger charge is -2.20. The van der Waals surface area contributed by atoms with Crippen LogP contribution in [0.25, 0.3) is 0 Å². The summed E-state index contributed by atoms with van der Waals surface area (Å²) in [4.78, 5) is 0. The Hall–Kier alpha value is -0.410. The van der Waals surface area contributed by atoms with Crippen molar-refractivity contribution in [2.45, 2.75) is 51.0 Å². The largest absolute Gasteiger partial charge is 0.374 e. The highest BCUT2D eigenvalue weighted by molar-refractivity contribution is 4.99. The Morgan fingerprint density at radius 1 is 1.20 bits per heavy atom. The molecule has 0 amide bonds. The van der Waals surface area contributed by atoms with E-state index >= 15 is 0 Å². The minimum Gasteiger partial charge on any atom is -0.374 e. The Bertz CT molecular complexity index is 186. The SMILES string of the molecule is NC/C(=C\F)COC1CCCCCCC1. The van der Waals surface area contributed by atoms with Crippen LogP contribution in [0.15, 0.2) is 11.9 Å². The van der Waals surface area contributed by atoms with Gasteiger partial charge in [-0.05, 0) is 18.4 Å². The molecule has 0 aromatic carbocycles. The lowest BCUT2D eigenvalue weighted by molar-refractivity contribution is 0.0494. The number of nitrogens with two attached hydrogens (primary N) is 1. The third kappa shape index (κ3) is 5.28. The maximum absolute atomic E-state index is 12.2. The Morgan fingerprint density at radius 2 is 1.80 bits per heavy atom. The number of hydrogen-bond acceptors (Lipinski definition) is 2. The Balaban J connectivity index is 2.23. The molecule has 0 atom stereocenters. The fourth-order valence-corrected chi connectivity index (χ4v) is 1.95. The summed E-state index contributed by atoms with van der Waals surface area (Å²) in [6.07, 6.45) is 9.56. The molecule has 0 spiro atoms. The first-order valence-corrected chi connectivity index (χ1v) is 5.96. The van der Waals surface area contributed by atoms with Crippen molar-refractivity contribution in [2.75, 3.05) is 13.2 Å². The molecular formula is C12H22FNO. The second-order valence-electron chi connectivity index (χ2n) is 4.25. The lowest BCUT2D eigenvalue weighted by atomic mass is 9.98. The Morgan fingerprint density at radius 3 is 2.33 bits per heavy atom. The van der Waals surface area contributed by atoms with E-state index in [1.165, 1.54) is 32.1 Å². The van der Waals surface area contributed by atoms with Gasteiger partial charge >= 0.3 is 0 Å². The highest BCUT2D eigenvalue weighted by atomic mass is 19.1. The van der Waals surface area contributed by atoms with Crippen LogP contribution in [0.4, 0.5) is 4.39 Å². The molecule has 1 aliphatic rings. The first-order valence-electron chi connectivity index (χ1n) is 5.96. The summed E-state index contributed by atoms with van der Waals surface area (Å²) < 4.78 is 17.9. The van der Waals surface area contributed by atoms with E-state index in [9.17, 15) is 4.39 Å². The number of hydrogen-bond donors (Lipinski definition) is 1. The average Bonchev–Trinajstić information content (AvgIpc) is 2.21. The normalized spacial score (nSPS) is 21.1. The number of ether oxygens (including phenoxy) is 1. The highest BCUT2D eigenvalue weighted by Crippen LogP contribution is 2.19. The summed E-state index contributed by atoms with van der Waals surface area (Å²) in [5, 5.41) is 0. The quantitative estimate of drug-likeness (QED) is 0.782. The zero-order chi connectivity index (χ0) is 10.9. The molecule has 1 rings (SSSR count). The van der Waals surface area contributed by atoms with Gasteiger partial charge in [-0.2, -0.15) is 0 Å². The van der Waals surface area contributed by atoms with Gasteiger partial charge in [0.25, 0.3) is 0 Å². The molecule has 88 valence electrons. The highest BCUT2D eigenvalue weighted by Gasteiger charge is 2.11. The van der Waals surface area contributed by atoms with Gasteiger partial charge in [0.15, 0.2) is 0 Å². The van der Waals surface area contributed by atoms with E-state index in [1.807, 2.05) is 0 Å². The van der Waals surface area contributed by atoms with Gasteiger partial charge in [-0.3, -0.25) is 0 Å². The van der Waals surface area contributed by atoms with E-state index in [0.717, 1.165) is 12.8 Å². The van der Waals surface area contributed by atoms with Gasteiger partial charge in [0, 0.05) is 6.54 Å². The molecule has 2 nitrogen and oxygen atoms in total. The van der Waals surface area contributed by atoms with Crippen LogP contribution in [0.3, 0.4) is 0 Å². The van der Waals surface area contributed by atoms with Crippen molar-refractivity contribution in [2.24, 2.45) is 5.73 Å². The molecule has 0 bridgehead atoms. The molecule has 2 N–H and O–H groups in total. The fourth-order valence-electron chi connectivity index (χ4n) is 1.95. The van der Waals surface area contributed by atoms with Crippen molar-refractivity contribution in [1.29, 1.82) is 0 Å². The third-order valence-electron chi connectivity index (χ3n) is 2.97. The van der Waals surface area contributed by atoms with Crippen LogP contribution in [-0.2, 0) is 4.74 Å². The Kier molecular flexibility index (Phi) is 6.60. The topological polar surface area (TPSA) is 35.2 Å². The van der Waals surface area contributed by atoms with E-state index < -0.39 is 0 Å². The minimum atomic E-state index is 0.253. The van der Waals surface area contributed by atoms with Gasteiger partial charge in [0.2, 0.25) is 0 Å². The van der Waals surface area contributed by atoms with Gasteiger partial charge in [0.1, 0.15) is 0 Å². The zero-order valence-corrected chi connectivity index (χ0v) is 9.38. The Labute approximate surface area is 91.7 Å². The molecule has 0 radical (unpaired) electrons. The van der Waals surface area contributed by atoms with Crippen LogP contribution in [0.5, 0.6) is 0 Å². The molecular weight excluding hydrogens is 193 g/mol. The molecule has 0 heterocycles. The molecule has 0 unspecified atom stereocenters. The number of halogens is 1. The second-order valence-corrected chi connectivity index (χ2v) is 4.25. The van der Waals surface area contributed by atoms with Crippen LogP contribution in [0.2, 0.25) is 0 Å². The van der Waals surface area contributed by atoms with Crippen LogP contribution >= 0.6 is 0 Å². The summed E-state index contributed by atoms with van der Waals surface area (Å²) in [5.41, 5.74) is 5.92. The monoisotopic (exact) mass is 215 g/mol. The van der Waals surface area contributed by atoms with Crippen molar-refractivity contribution >= 4 is 0 Å². The van der Waals surface area contributed by atoms with E-state index in [1.54, 1.807) is 0 Å². The van der Waals surface area contributed by atoms with Crippen LogP contribution < -0.4 is 5.73 Å². The fraction of sp³-hybridized carbons (Fsp3) is 0.833. The molecule has 15 heavy (non-hydrogen) atoms. The maximum Gasteiger partial charge on any atom is 0.0894 e. The predicted octanol–water partition coefficient (Wildman–Crippen LogP) is 2.93. The van der Waals surface area contributed by atoms with Gasteiger partial charge < -0.3 is 10.5 Å². The van der Waals surface area contributed by atoms with Crippen LogP contribution in [0, 0.1) is 0 Å². The van der Waals surface area contributed by atoms with E-state index in [-0.39, 0.29) is 6.54 Å². The molecule has 0 aromatic heterocycles. The summed E-state index contributed by atoms with van der Waals surface area (Å²) in [7, 11) is 0. The van der Waals surface area contributed by atoms with Gasteiger partial charge in [0.05, 0.1) is 19.0 Å². The van der Waals surface area contributed by atoms with E-state index in [0.29, 0.717) is 24.6 Å². The van der Waals surface area contributed by atoms with E-state index in [2.05, 4.69) is 0 Å². The zero-order valence-electron chi connectivity index (χ0n) is 9.38. The lowest BCUT2D eigenvalue weighted by Crippen LogP contribution is -2.18. The summed E-state index contributed by atoms with van der Waals surface area (Å²) in [6.45, 7) is 0.612. The van der Waals surface area contributed by atoms with E-state index in [4.69, 9.17) is 10.5 Å². The molecule has 1 fully saturated rings. The summed E-state index contributed by atoms with van der Waals surface area (Å²) >= 11 is 0. The van der Waals surface area contributed by atoms with Crippen molar-refractivity contribution in [3.8, 4) is 0 Å². The van der Waals surface area contributed by atoms with Crippen molar-refractivity contribution in [1.82, 2.24) is 0 Å². The molecule has 0 aromatic rings. The van der Waals surface area contributed by atoms with Gasteiger partial charge in [-0.15, -0.1) is 0 Å². The first kappa shape index (κ1) is 12.7. The molecule has 0 saturated heterocycles. The molecule has 3 heteroatoms. The average molecular weight is 215 g/mol. The third-order valence-corrected chi connectivity index (χ3v) is 2.97. The summed E-state index contributed by atoms with van der Waals surface area (Å²) in [6, 6.07) is 0. The molecule has 1 aliphatic carbocycles. The predicted molar refractivity (Wildman–Crippen MR) is 60.3 cm³/mol. The van der Waals surface area contributed by atoms with Gasteiger partial charge in [-0.25, -0.2) is 4.39 Å². The van der Waals surface area contributed by atoms with Crippen molar-refractivity contribution < 1.29 is 9.13 Å².